The van der Waals surface area contributed by atoms with E-state index < -0.39 is 0 Å². The van der Waals surface area contributed by atoms with Gasteiger partial charge in [-0.1, -0.05) is 18.6 Å². The highest BCUT2D eigenvalue weighted by molar-refractivity contribution is 5.46. The maximum absolute atomic E-state index is 5.65. The van der Waals surface area contributed by atoms with Crippen molar-refractivity contribution in [2.45, 2.75) is 26.7 Å². The van der Waals surface area contributed by atoms with Gasteiger partial charge in [0.05, 0.1) is 6.61 Å². The van der Waals surface area contributed by atoms with Gasteiger partial charge in [0.2, 0.25) is 6.79 Å². The van der Waals surface area contributed by atoms with E-state index in [0.717, 1.165) is 30.1 Å². The van der Waals surface area contributed by atoms with Crippen molar-refractivity contribution in [2.75, 3.05) is 13.4 Å². The van der Waals surface area contributed by atoms with Crippen LogP contribution in [0.15, 0.2) is 29.8 Å². The molecule has 1 aliphatic rings. The van der Waals surface area contributed by atoms with E-state index in [0.29, 0.717) is 13.4 Å². The normalized spacial score (nSPS) is 13.9. The molecule has 0 saturated carbocycles. The van der Waals surface area contributed by atoms with Crippen LogP contribution < -0.4 is 14.2 Å². The van der Waals surface area contributed by atoms with Gasteiger partial charge in [-0.15, -0.1) is 0 Å². The minimum atomic E-state index is 0.303. The standard InChI is InChI=1S/C14H18O3/c1-3-11(2)5-4-8-15-12-6-7-13-14(9-12)17-10-16-13/h5-7,9H,3-4,8,10H2,1-2H3. The van der Waals surface area contributed by atoms with Gasteiger partial charge < -0.3 is 14.2 Å². The maximum Gasteiger partial charge on any atom is 0.231 e. The molecule has 3 heteroatoms. The van der Waals surface area contributed by atoms with Crippen LogP contribution in [0, 0.1) is 0 Å². The SMILES string of the molecule is CCC(C)=CCCOc1ccc2c(c1)OCO2. The van der Waals surface area contributed by atoms with Crippen LogP contribution >= 0.6 is 0 Å². The van der Waals surface area contributed by atoms with E-state index in [1.54, 1.807) is 0 Å². The molecule has 2 rings (SSSR count). The Morgan fingerprint density at radius 1 is 1.35 bits per heavy atom. The first-order valence-electron chi connectivity index (χ1n) is 5.97. The van der Waals surface area contributed by atoms with Crippen molar-refractivity contribution in [2.24, 2.45) is 0 Å². The number of rotatable bonds is 5. The molecule has 0 aliphatic carbocycles. The van der Waals surface area contributed by atoms with E-state index in [1.807, 2.05) is 18.2 Å². The predicted molar refractivity (Wildman–Crippen MR) is 66.7 cm³/mol. The lowest BCUT2D eigenvalue weighted by Crippen LogP contribution is -1.96. The zero-order valence-corrected chi connectivity index (χ0v) is 10.4. The van der Waals surface area contributed by atoms with Gasteiger partial charge in [0.1, 0.15) is 5.75 Å². The molecule has 1 aliphatic heterocycles. The van der Waals surface area contributed by atoms with Crippen molar-refractivity contribution >= 4 is 0 Å². The van der Waals surface area contributed by atoms with Gasteiger partial charge in [-0.05, 0) is 31.9 Å². The lowest BCUT2D eigenvalue weighted by Gasteiger charge is -2.05. The van der Waals surface area contributed by atoms with Gasteiger partial charge in [-0.3, -0.25) is 0 Å². The third kappa shape index (κ3) is 3.16. The Hall–Kier alpha value is -1.64. The lowest BCUT2D eigenvalue weighted by atomic mass is 10.2. The van der Waals surface area contributed by atoms with Crippen molar-refractivity contribution in [3.05, 3.63) is 29.8 Å². The molecule has 0 N–H and O–H groups in total. The number of hydrogen-bond donors (Lipinski definition) is 0. The van der Waals surface area contributed by atoms with Crippen LogP contribution in [0.25, 0.3) is 0 Å². The molecule has 1 aromatic rings. The fourth-order valence-electron chi connectivity index (χ4n) is 1.59. The molecule has 0 aromatic heterocycles. The smallest absolute Gasteiger partial charge is 0.231 e. The molecule has 0 bridgehead atoms. The molecular formula is C14H18O3. The summed E-state index contributed by atoms with van der Waals surface area (Å²) in [6.07, 6.45) is 4.26. The zero-order valence-electron chi connectivity index (χ0n) is 10.4. The summed E-state index contributed by atoms with van der Waals surface area (Å²) in [5.74, 6) is 2.39. The Bertz CT molecular complexity index is 410. The maximum atomic E-state index is 5.65. The van der Waals surface area contributed by atoms with E-state index in [9.17, 15) is 0 Å². The van der Waals surface area contributed by atoms with Crippen molar-refractivity contribution in [1.29, 1.82) is 0 Å². The second-order valence-corrected chi connectivity index (χ2v) is 4.06. The second kappa shape index (κ2) is 5.62. The number of hydrogen-bond acceptors (Lipinski definition) is 3. The summed E-state index contributed by atoms with van der Waals surface area (Å²) in [5, 5.41) is 0. The molecule has 1 heterocycles. The van der Waals surface area contributed by atoms with Crippen molar-refractivity contribution in [1.82, 2.24) is 0 Å². The predicted octanol–water partition coefficient (Wildman–Crippen LogP) is 3.54. The molecule has 0 saturated heterocycles. The summed E-state index contributed by atoms with van der Waals surface area (Å²) in [6.45, 7) is 5.29. The largest absolute Gasteiger partial charge is 0.493 e. The van der Waals surface area contributed by atoms with Gasteiger partial charge in [0.25, 0.3) is 0 Å². The van der Waals surface area contributed by atoms with E-state index in [1.165, 1.54) is 5.57 Å². The summed E-state index contributed by atoms with van der Waals surface area (Å²) in [4.78, 5) is 0. The van der Waals surface area contributed by atoms with E-state index >= 15 is 0 Å². The quantitative estimate of drug-likeness (QED) is 0.576. The molecule has 0 unspecified atom stereocenters. The summed E-state index contributed by atoms with van der Waals surface area (Å²) >= 11 is 0. The highest BCUT2D eigenvalue weighted by Gasteiger charge is 2.13. The first kappa shape index (κ1) is 11.8. The Labute approximate surface area is 102 Å². The Morgan fingerprint density at radius 3 is 3.00 bits per heavy atom. The van der Waals surface area contributed by atoms with Crippen molar-refractivity contribution in [3.63, 3.8) is 0 Å². The summed E-state index contributed by atoms with van der Waals surface area (Å²) < 4.78 is 16.2. The van der Waals surface area contributed by atoms with E-state index in [2.05, 4.69) is 19.9 Å². The highest BCUT2D eigenvalue weighted by Crippen LogP contribution is 2.35. The summed E-state index contributed by atoms with van der Waals surface area (Å²) in [5.41, 5.74) is 1.40. The van der Waals surface area contributed by atoms with Crippen LogP contribution in [0.5, 0.6) is 17.2 Å². The first-order chi connectivity index (χ1) is 8.29. The van der Waals surface area contributed by atoms with Gasteiger partial charge in [0, 0.05) is 6.07 Å². The van der Waals surface area contributed by atoms with Crippen molar-refractivity contribution in [3.8, 4) is 17.2 Å². The van der Waals surface area contributed by atoms with Crippen LogP contribution in [-0.4, -0.2) is 13.4 Å². The van der Waals surface area contributed by atoms with E-state index in [-0.39, 0.29) is 0 Å². The first-order valence-corrected chi connectivity index (χ1v) is 5.97. The Morgan fingerprint density at radius 2 is 2.18 bits per heavy atom. The fraction of sp³-hybridized carbons (Fsp3) is 0.429. The van der Waals surface area contributed by atoms with Gasteiger partial charge in [-0.25, -0.2) is 0 Å². The molecule has 0 atom stereocenters. The van der Waals surface area contributed by atoms with Crippen LogP contribution in [0.3, 0.4) is 0 Å². The molecule has 0 fully saturated rings. The minimum Gasteiger partial charge on any atom is -0.493 e. The molecule has 0 amide bonds. The van der Waals surface area contributed by atoms with Gasteiger partial charge in [-0.2, -0.15) is 0 Å². The molecule has 0 radical (unpaired) electrons. The summed E-state index contributed by atoms with van der Waals surface area (Å²) in [6, 6.07) is 5.66. The molecule has 17 heavy (non-hydrogen) atoms. The number of benzene rings is 1. The average Bonchev–Trinajstić information content (AvgIpc) is 2.81. The van der Waals surface area contributed by atoms with Crippen molar-refractivity contribution < 1.29 is 14.2 Å². The van der Waals surface area contributed by atoms with Crippen LogP contribution in [0.4, 0.5) is 0 Å². The average molecular weight is 234 g/mol. The number of fused-ring (bicyclic) bond motifs is 1. The Balaban J connectivity index is 1.83. The minimum absolute atomic E-state index is 0.303. The Kier molecular flexibility index (Phi) is 3.91. The van der Waals surface area contributed by atoms with Gasteiger partial charge >= 0.3 is 0 Å². The third-order valence-electron chi connectivity index (χ3n) is 2.78. The molecule has 3 nitrogen and oxygen atoms in total. The molecular weight excluding hydrogens is 216 g/mol. The number of allylic oxidation sites excluding steroid dienone is 1. The molecule has 0 spiro atoms. The molecule has 92 valence electrons. The van der Waals surface area contributed by atoms with Crippen LogP contribution in [0.2, 0.25) is 0 Å². The van der Waals surface area contributed by atoms with Crippen LogP contribution in [-0.2, 0) is 0 Å². The molecule has 1 aromatic carbocycles. The lowest BCUT2D eigenvalue weighted by molar-refractivity contribution is 0.173. The monoisotopic (exact) mass is 234 g/mol. The van der Waals surface area contributed by atoms with Crippen LogP contribution in [0.1, 0.15) is 26.7 Å². The highest BCUT2D eigenvalue weighted by atomic mass is 16.7. The van der Waals surface area contributed by atoms with E-state index in [4.69, 9.17) is 14.2 Å². The topological polar surface area (TPSA) is 27.7 Å². The third-order valence-corrected chi connectivity index (χ3v) is 2.78. The van der Waals surface area contributed by atoms with Gasteiger partial charge in [0.15, 0.2) is 11.5 Å². The fourth-order valence-corrected chi connectivity index (χ4v) is 1.59. The second-order valence-electron chi connectivity index (χ2n) is 4.06. The zero-order chi connectivity index (χ0) is 12.1. The number of ether oxygens (including phenoxy) is 3. The summed E-state index contributed by atoms with van der Waals surface area (Å²) in [7, 11) is 0.